The number of furan rings is 1. The maximum absolute atomic E-state index is 13.8. The van der Waals surface area contributed by atoms with Crippen molar-refractivity contribution in [1.82, 2.24) is 21.0 Å². The summed E-state index contributed by atoms with van der Waals surface area (Å²) in [5.74, 6) is -3.91. The van der Waals surface area contributed by atoms with E-state index >= 15 is 0 Å². The van der Waals surface area contributed by atoms with Crippen LogP contribution >= 0.6 is 0 Å². The maximum Gasteiger partial charge on any atom is 0.363 e. The zero-order valence-corrected chi connectivity index (χ0v) is 39.8. The molecular formula is C53H58N4O14. The Kier molecular flexibility index (Phi) is 19.5. The molecule has 0 aliphatic carbocycles. The van der Waals surface area contributed by atoms with Gasteiger partial charge < -0.3 is 48.9 Å². The van der Waals surface area contributed by atoms with Gasteiger partial charge in [0, 0.05) is 5.56 Å². The van der Waals surface area contributed by atoms with Crippen molar-refractivity contribution in [2.24, 2.45) is 5.92 Å². The van der Waals surface area contributed by atoms with E-state index in [4.69, 9.17) is 32.9 Å². The Morgan fingerprint density at radius 3 is 2.13 bits per heavy atom. The lowest BCUT2D eigenvalue weighted by Gasteiger charge is -2.32. The Balaban J connectivity index is 1.08. The third kappa shape index (κ3) is 14.9. The van der Waals surface area contributed by atoms with Crippen LogP contribution in [0.2, 0.25) is 0 Å². The number of nitrogens with zero attached hydrogens (tertiary/aromatic N) is 1. The molecule has 6 rings (SSSR count). The Bertz CT molecular complexity index is 2600. The van der Waals surface area contributed by atoms with Crippen molar-refractivity contribution < 1.29 is 66.5 Å². The van der Waals surface area contributed by atoms with Crippen molar-refractivity contribution in [1.29, 1.82) is 0 Å². The van der Waals surface area contributed by atoms with Gasteiger partial charge in [-0.25, -0.2) is 9.59 Å². The number of unbranched alkanes of at least 4 members (excludes halogenated alkanes) is 2. The first-order valence-electron chi connectivity index (χ1n) is 23.5. The zero-order valence-electron chi connectivity index (χ0n) is 39.8. The zero-order chi connectivity index (χ0) is 50.5. The van der Waals surface area contributed by atoms with E-state index in [1.807, 2.05) is 19.1 Å². The Morgan fingerprint density at radius 2 is 1.45 bits per heavy atom. The highest BCUT2D eigenvalue weighted by molar-refractivity contribution is 6.00. The summed E-state index contributed by atoms with van der Waals surface area (Å²) < 4.78 is 33.7. The van der Waals surface area contributed by atoms with Gasteiger partial charge in [-0.05, 0) is 73.4 Å². The summed E-state index contributed by atoms with van der Waals surface area (Å²) in [6, 6.07) is 27.8. The third-order valence-corrected chi connectivity index (χ3v) is 11.3. The molecule has 18 heteroatoms. The summed E-state index contributed by atoms with van der Waals surface area (Å²) in [4.78, 5) is 98.3. The van der Waals surface area contributed by atoms with Gasteiger partial charge in [-0.2, -0.15) is 5.06 Å². The number of rotatable bonds is 26. The first-order valence-corrected chi connectivity index (χ1v) is 23.5. The van der Waals surface area contributed by atoms with Gasteiger partial charge in [0.2, 0.25) is 12.3 Å². The van der Waals surface area contributed by atoms with Crippen molar-refractivity contribution in [2.75, 3.05) is 26.5 Å². The van der Waals surface area contributed by atoms with Crippen molar-refractivity contribution in [3.8, 4) is 28.6 Å². The molecule has 0 bridgehead atoms. The van der Waals surface area contributed by atoms with E-state index < -0.39 is 60.1 Å². The molecule has 18 nitrogen and oxygen atoms in total. The minimum atomic E-state index is -1.41. The van der Waals surface area contributed by atoms with Crippen LogP contribution in [-0.4, -0.2) is 85.7 Å². The number of benzene rings is 4. The molecule has 1 aliphatic heterocycles. The van der Waals surface area contributed by atoms with Gasteiger partial charge in [0.15, 0.2) is 17.3 Å². The lowest BCUT2D eigenvalue weighted by Crippen LogP contribution is -2.49. The van der Waals surface area contributed by atoms with Crippen LogP contribution in [0.15, 0.2) is 114 Å². The lowest BCUT2D eigenvalue weighted by atomic mass is 9.90. The molecule has 0 fully saturated rings. The van der Waals surface area contributed by atoms with Gasteiger partial charge in [0.25, 0.3) is 11.8 Å². The van der Waals surface area contributed by atoms with Crippen LogP contribution in [0.1, 0.15) is 102 Å². The normalized spacial score (nSPS) is 12.8. The van der Waals surface area contributed by atoms with Gasteiger partial charge in [-0.3, -0.25) is 24.0 Å². The summed E-state index contributed by atoms with van der Waals surface area (Å²) in [5, 5.41) is 8.83. The largest absolute Gasteiger partial charge is 0.493 e. The molecule has 0 saturated carbocycles. The van der Waals surface area contributed by atoms with E-state index in [1.54, 1.807) is 80.6 Å². The number of fused-ring (bicyclic) bond motifs is 1. The van der Waals surface area contributed by atoms with Gasteiger partial charge in [0.1, 0.15) is 44.0 Å². The minimum absolute atomic E-state index is 0.0311. The molecule has 71 heavy (non-hydrogen) atoms. The SMILES string of the molecule is CCCCCC(C(=O)NCNC(=O)c1ccc(-c2ccc(C(=O)NC(CC(=O)OCc3ccccc3)C(=O)OCc3ccccc3)c(OCC)c2)o1)[C@@H](CC)N(C=O)OC(=O)c1ccc2c(c1)OCCO2. The van der Waals surface area contributed by atoms with Crippen molar-refractivity contribution >= 4 is 42.0 Å². The standard InChI is InChI=1S/C53H58N4O14/c1-4-7-10-19-39(42(5-2)57(34-58)71-52(63)38-21-23-44-47(29-38)67-27-26-66-44)49(60)54-33-55-51(62)45-25-24-43(70-45)37-20-22-40(46(28-37)65-6-3)50(61)56-41(53(64)69-32-36-17-13-9-14-18-36)30-48(59)68-31-35-15-11-8-12-16-35/h8-9,11-18,20-25,28-29,34,39,41-42H,4-7,10,19,26-27,30-33H2,1-3H3,(H,54,60)(H,55,62)(H,56,61)/t39?,41?,42-/m1/s1. The van der Waals surface area contributed by atoms with E-state index in [9.17, 15) is 33.6 Å². The topological polar surface area (TPSA) is 227 Å². The lowest BCUT2D eigenvalue weighted by molar-refractivity contribution is -0.171. The van der Waals surface area contributed by atoms with Crippen molar-refractivity contribution in [3.63, 3.8) is 0 Å². The molecule has 2 unspecified atom stereocenters. The molecule has 4 aromatic carbocycles. The van der Waals surface area contributed by atoms with E-state index in [0.29, 0.717) is 55.1 Å². The summed E-state index contributed by atoms with van der Waals surface area (Å²) in [6.07, 6.45) is 2.85. The number of esters is 2. The second kappa shape index (κ2) is 26.6. The average molecular weight is 975 g/mol. The molecule has 0 spiro atoms. The fourth-order valence-electron chi connectivity index (χ4n) is 7.65. The molecule has 2 heterocycles. The van der Waals surface area contributed by atoms with Crippen molar-refractivity contribution in [2.45, 2.75) is 84.6 Å². The monoisotopic (exact) mass is 974 g/mol. The smallest absolute Gasteiger partial charge is 0.363 e. The first kappa shape index (κ1) is 52.2. The van der Waals surface area contributed by atoms with E-state index in [1.165, 1.54) is 30.3 Å². The van der Waals surface area contributed by atoms with E-state index in [2.05, 4.69) is 16.0 Å². The van der Waals surface area contributed by atoms with Crippen LogP contribution in [0, 0.1) is 5.92 Å². The summed E-state index contributed by atoms with van der Waals surface area (Å²) >= 11 is 0. The number of hydroxylamine groups is 2. The number of nitrogens with one attached hydrogen (secondary N) is 3. The third-order valence-electron chi connectivity index (χ3n) is 11.3. The van der Waals surface area contributed by atoms with E-state index in [0.717, 1.165) is 23.5 Å². The van der Waals surface area contributed by atoms with Crippen LogP contribution < -0.4 is 30.2 Å². The molecule has 3 atom stereocenters. The summed E-state index contributed by atoms with van der Waals surface area (Å²) in [5.41, 5.74) is 2.06. The quantitative estimate of drug-likeness (QED) is 0.0165. The number of hydrogen-bond acceptors (Lipinski definition) is 14. The predicted molar refractivity (Wildman–Crippen MR) is 257 cm³/mol. The second-order valence-corrected chi connectivity index (χ2v) is 16.3. The van der Waals surface area contributed by atoms with Gasteiger partial charge in [-0.1, -0.05) is 99.8 Å². The van der Waals surface area contributed by atoms with Crippen LogP contribution in [-0.2, 0) is 46.7 Å². The predicted octanol–water partition coefficient (Wildman–Crippen LogP) is 7.10. The summed E-state index contributed by atoms with van der Waals surface area (Å²) in [6.45, 7) is 5.95. The second-order valence-electron chi connectivity index (χ2n) is 16.3. The maximum atomic E-state index is 13.8. The van der Waals surface area contributed by atoms with Crippen LogP contribution in [0.4, 0.5) is 0 Å². The molecule has 5 aromatic rings. The van der Waals surface area contributed by atoms with Gasteiger partial charge in [-0.15, -0.1) is 0 Å². The molecular weight excluding hydrogens is 917 g/mol. The Hall–Kier alpha value is -8.15. The van der Waals surface area contributed by atoms with Gasteiger partial charge in [0.05, 0.1) is 42.8 Å². The first-order chi connectivity index (χ1) is 34.5. The molecule has 374 valence electrons. The number of ether oxygens (including phenoxy) is 5. The Labute approximate surface area is 411 Å². The average Bonchev–Trinajstić information content (AvgIpc) is 3.90. The van der Waals surface area contributed by atoms with Crippen LogP contribution in [0.5, 0.6) is 17.2 Å². The van der Waals surface area contributed by atoms with Crippen LogP contribution in [0.3, 0.4) is 0 Å². The molecule has 4 amide bonds. The van der Waals surface area contributed by atoms with Crippen LogP contribution in [0.25, 0.3) is 11.3 Å². The number of amides is 4. The molecule has 1 aliphatic rings. The highest BCUT2D eigenvalue weighted by atomic mass is 16.7. The minimum Gasteiger partial charge on any atom is -0.493 e. The fourth-order valence-corrected chi connectivity index (χ4v) is 7.65. The van der Waals surface area contributed by atoms with E-state index in [-0.39, 0.29) is 61.3 Å². The highest BCUT2D eigenvalue weighted by Gasteiger charge is 2.34. The number of hydrogen-bond donors (Lipinski definition) is 3. The van der Waals surface area contributed by atoms with Gasteiger partial charge >= 0.3 is 17.9 Å². The van der Waals surface area contributed by atoms with Crippen molar-refractivity contribution in [3.05, 3.63) is 137 Å². The Morgan fingerprint density at radius 1 is 0.746 bits per heavy atom. The number of carbonyl (C=O) groups excluding carboxylic acids is 7. The summed E-state index contributed by atoms with van der Waals surface area (Å²) in [7, 11) is 0. The fraction of sp³-hybridized carbons (Fsp3) is 0.340. The molecule has 1 aromatic heterocycles. The molecule has 3 N–H and O–H groups in total. The molecule has 0 saturated heterocycles. The molecule has 0 radical (unpaired) electrons. The number of carbonyl (C=O) groups is 7. The highest BCUT2D eigenvalue weighted by Crippen LogP contribution is 2.32.